The molecule has 1 nitrogen and oxygen atoms in total. The van der Waals surface area contributed by atoms with Crippen LogP contribution >= 0.6 is 15.9 Å². The third-order valence-electron chi connectivity index (χ3n) is 1.56. The fourth-order valence-electron chi connectivity index (χ4n) is 0.923. The summed E-state index contributed by atoms with van der Waals surface area (Å²) in [5, 5.41) is 2.99. The van der Waals surface area contributed by atoms with Crippen molar-refractivity contribution in [1.29, 1.82) is 0 Å². The molecule has 1 rings (SSSR count). The van der Waals surface area contributed by atoms with Crippen LogP contribution in [0.3, 0.4) is 0 Å². The lowest BCUT2D eigenvalue weighted by Gasteiger charge is -2.06. The van der Waals surface area contributed by atoms with Crippen molar-refractivity contribution in [3.05, 3.63) is 28.5 Å². The number of rotatable bonds is 4. The van der Waals surface area contributed by atoms with Crippen molar-refractivity contribution in [2.24, 2.45) is 0 Å². The van der Waals surface area contributed by atoms with Gasteiger partial charge in [0.1, 0.15) is 5.82 Å². The van der Waals surface area contributed by atoms with Crippen molar-refractivity contribution >= 4 is 21.6 Å². The molecule has 1 N–H and O–H groups in total. The topological polar surface area (TPSA) is 12.0 Å². The Hall–Kier alpha value is -0.640. The van der Waals surface area contributed by atoms with Gasteiger partial charge in [-0.25, -0.2) is 4.39 Å². The maximum atomic E-state index is 12.6. The molecule has 0 bridgehead atoms. The molecule has 0 fully saturated rings. The van der Waals surface area contributed by atoms with Gasteiger partial charge in [0, 0.05) is 16.7 Å². The highest BCUT2D eigenvalue weighted by Gasteiger charge is 1.99. The highest BCUT2D eigenvalue weighted by atomic mass is 79.9. The van der Waals surface area contributed by atoms with Crippen molar-refractivity contribution in [3.63, 3.8) is 0 Å². The standard InChI is InChI=1S/C9H10BrF2N/c10-8-6-7(12)2-3-9(8)13-5-1-4-11/h2-3,6,13H,1,4-5H2. The van der Waals surface area contributed by atoms with E-state index in [0.717, 1.165) is 5.69 Å². The van der Waals surface area contributed by atoms with Crippen molar-refractivity contribution in [1.82, 2.24) is 0 Å². The fraction of sp³-hybridized carbons (Fsp3) is 0.333. The zero-order valence-electron chi connectivity index (χ0n) is 6.99. The Morgan fingerprint density at radius 1 is 1.38 bits per heavy atom. The molecule has 0 aliphatic carbocycles. The van der Waals surface area contributed by atoms with Gasteiger partial charge in [-0.05, 0) is 40.5 Å². The number of benzene rings is 1. The molecule has 0 heterocycles. The molecule has 1 aromatic rings. The van der Waals surface area contributed by atoms with Gasteiger partial charge in [-0.3, -0.25) is 4.39 Å². The van der Waals surface area contributed by atoms with E-state index in [4.69, 9.17) is 0 Å². The van der Waals surface area contributed by atoms with Crippen molar-refractivity contribution in [3.8, 4) is 0 Å². The lowest BCUT2D eigenvalue weighted by Crippen LogP contribution is -2.02. The van der Waals surface area contributed by atoms with Gasteiger partial charge in [-0.15, -0.1) is 0 Å². The molecule has 0 radical (unpaired) electrons. The van der Waals surface area contributed by atoms with Crippen LogP contribution in [-0.4, -0.2) is 13.2 Å². The Morgan fingerprint density at radius 2 is 2.15 bits per heavy atom. The van der Waals surface area contributed by atoms with E-state index in [9.17, 15) is 8.78 Å². The number of nitrogens with one attached hydrogen (secondary N) is 1. The largest absolute Gasteiger partial charge is 0.384 e. The summed E-state index contributed by atoms with van der Waals surface area (Å²) < 4.78 is 25.0. The van der Waals surface area contributed by atoms with E-state index in [1.54, 1.807) is 6.07 Å². The molecule has 0 unspecified atom stereocenters. The molecule has 0 saturated heterocycles. The molecule has 0 amide bonds. The Balaban J connectivity index is 2.56. The molecule has 0 aliphatic heterocycles. The first kappa shape index (κ1) is 10.4. The first-order valence-corrected chi connectivity index (χ1v) is 4.78. The van der Waals surface area contributed by atoms with Gasteiger partial charge >= 0.3 is 0 Å². The number of halogens is 3. The van der Waals surface area contributed by atoms with Gasteiger partial charge in [0.15, 0.2) is 0 Å². The smallest absolute Gasteiger partial charge is 0.124 e. The number of alkyl halides is 1. The average Bonchev–Trinajstić information content (AvgIpc) is 2.09. The Labute approximate surface area is 84.3 Å². The van der Waals surface area contributed by atoms with Crippen LogP contribution in [-0.2, 0) is 0 Å². The van der Waals surface area contributed by atoms with Gasteiger partial charge in [0.2, 0.25) is 0 Å². The second-order valence-corrected chi connectivity index (χ2v) is 3.45. The summed E-state index contributed by atoms with van der Waals surface area (Å²) in [6, 6.07) is 4.36. The molecule has 72 valence electrons. The first-order chi connectivity index (χ1) is 6.24. The highest BCUT2D eigenvalue weighted by Crippen LogP contribution is 2.22. The van der Waals surface area contributed by atoms with E-state index >= 15 is 0 Å². The zero-order chi connectivity index (χ0) is 9.68. The van der Waals surface area contributed by atoms with Crippen LogP contribution in [0.4, 0.5) is 14.5 Å². The van der Waals surface area contributed by atoms with E-state index < -0.39 is 0 Å². The van der Waals surface area contributed by atoms with Crippen LogP contribution in [0.5, 0.6) is 0 Å². The molecule has 13 heavy (non-hydrogen) atoms. The number of anilines is 1. The Morgan fingerprint density at radius 3 is 2.77 bits per heavy atom. The van der Waals surface area contributed by atoms with Crippen molar-refractivity contribution in [2.75, 3.05) is 18.5 Å². The third-order valence-corrected chi connectivity index (χ3v) is 2.21. The van der Waals surface area contributed by atoms with Crippen molar-refractivity contribution < 1.29 is 8.78 Å². The number of hydrogen-bond donors (Lipinski definition) is 1. The lowest BCUT2D eigenvalue weighted by atomic mass is 10.3. The lowest BCUT2D eigenvalue weighted by molar-refractivity contribution is 0.481. The summed E-state index contributed by atoms with van der Waals surface area (Å²) in [5.74, 6) is -0.289. The third kappa shape index (κ3) is 3.30. The SMILES string of the molecule is FCCCNc1ccc(F)cc1Br. The molecular formula is C9H10BrF2N. The molecule has 0 aliphatic rings. The predicted octanol–water partition coefficient (Wildman–Crippen LogP) is 3.36. The fourth-order valence-corrected chi connectivity index (χ4v) is 1.41. The van der Waals surface area contributed by atoms with Gasteiger partial charge in [-0.2, -0.15) is 0 Å². The van der Waals surface area contributed by atoms with E-state index in [-0.39, 0.29) is 12.5 Å². The van der Waals surface area contributed by atoms with Crippen LogP contribution in [0.2, 0.25) is 0 Å². The second kappa shape index (κ2) is 5.17. The summed E-state index contributed by atoms with van der Waals surface area (Å²) in [6.07, 6.45) is 0.462. The van der Waals surface area contributed by atoms with Gasteiger partial charge in [0.25, 0.3) is 0 Å². The molecule has 0 spiro atoms. The van der Waals surface area contributed by atoms with Crippen LogP contribution in [0, 0.1) is 5.82 Å². The minimum Gasteiger partial charge on any atom is -0.384 e. The minimum atomic E-state index is -0.341. The Bertz CT molecular complexity index is 278. The van der Waals surface area contributed by atoms with Crippen LogP contribution in [0.25, 0.3) is 0 Å². The summed E-state index contributed by atoms with van der Waals surface area (Å²) >= 11 is 3.20. The van der Waals surface area contributed by atoms with Crippen LogP contribution in [0.1, 0.15) is 6.42 Å². The summed E-state index contributed by atoms with van der Waals surface area (Å²) in [5.41, 5.74) is 0.787. The monoisotopic (exact) mass is 249 g/mol. The molecule has 4 heteroatoms. The van der Waals surface area contributed by atoms with E-state index in [2.05, 4.69) is 21.2 Å². The normalized spacial score (nSPS) is 10.1. The Kier molecular flexibility index (Phi) is 4.15. The van der Waals surface area contributed by atoms with E-state index in [1.807, 2.05) is 0 Å². The average molecular weight is 250 g/mol. The molecule has 0 aromatic heterocycles. The van der Waals surface area contributed by atoms with Gasteiger partial charge in [0.05, 0.1) is 6.67 Å². The molecule has 0 atom stereocenters. The molecular weight excluding hydrogens is 240 g/mol. The summed E-state index contributed by atoms with van der Waals surface area (Å²) in [7, 11) is 0. The first-order valence-electron chi connectivity index (χ1n) is 3.99. The van der Waals surface area contributed by atoms with E-state index in [1.165, 1.54) is 12.1 Å². The van der Waals surface area contributed by atoms with Crippen LogP contribution in [0.15, 0.2) is 22.7 Å². The van der Waals surface area contributed by atoms with Gasteiger partial charge < -0.3 is 5.32 Å². The summed E-state index contributed by atoms with van der Waals surface area (Å²) in [6.45, 7) is 0.215. The maximum absolute atomic E-state index is 12.6. The highest BCUT2D eigenvalue weighted by molar-refractivity contribution is 9.10. The quantitative estimate of drug-likeness (QED) is 0.808. The summed E-state index contributed by atoms with van der Waals surface area (Å²) in [4.78, 5) is 0. The van der Waals surface area contributed by atoms with Gasteiger partial charge in [-0.1, -0.05) is 0 Å². The van der Waals surface area contributed by atoms with E-state index in [0.29, 0.717) is 17.4 Å². The number of hydrogen-bond acceptors (Lipinski definition) is 1. The zero-order valence-corrected chi connectivity index (χ0v) is 8.57. The minimum absolute atomic E-state index is 0.289. The predicted molar refractivity (Wildman–Crippen MR) is 53.2 cm³/mol. The maximum Gasteiger partial charge on any atom is 0.124 e. The van der Waals surface area contributed by atoms with Crippen molar-refractivity contribution in [2.45, 2.75) is 6.42 Å². The van der Waals surface area contributed by atoms with Crippen LogP contribution < -0.4 is 5.32 Å². The molecule has 1 aromatic carbocycles. The molecule has 0 saturated carbocycles. The second-order valence-electron chi connectivity index (χ2n) is 2.59.